The Labute approximate surface area is 92.1 Å². The first kappa shape index (κ1) is 10.5. The summed E-state index contributed by atoms with van der Waals surface area (Å²) >= 11 is 0. The summed E-state index contributed by atoms with van der Waals surface area (Å²) in [6.07, 6.45) is 2.68. The Morgan fingerprint density at radius 3 is 2.87 bits per heavy atom. The number of benzene rings is 1. The normalized spacial score (nSPS) is 26.2. The first-order valence-electron chi connectivity index (χ1n) is 5.88. The van der Waals surface area contributed by atoms with Gasteiger partial charge in [0.15, 0.2) is 0 Å². The van der Waals surface area contributed by atoms with E-state index in [9.17, 15) is 0 Å². The van der Waals surface area contributed by atoms with Crippen molar-refractivity contribution in [1.82, 2.24) is 5.32 Å². The van der Waals surface area contributed by atoms with Crippen molar-refractivity contribution < 1.29 is 0 Å². The predicted molar refractivity (Wildman–Crippen MR) is 65.1 cm³/mol. The Morgan fingerprint density at radius 1 is 1.33 bits per heavy atom. The molecule has 0 amide bonds. The van der Waals surface area contributed by atoms with Crippen molar-refractivity contribution in [2.24, 2.45) is 5.92 Å². The standard InChI is InChI=1S/C13H20N2/c1-11-6-5-9-14-13(11)10-15-12-7-3-2-4-8-12/h2-4,7-8,11,13-15H,5-6,9-10H2,1H3/t11-,13+/m0/s1. The van der Waals surface area contributed by atoms with E-state index < -0.39 is 0 Å². The molecule has 1 aromatic carbocycles. The zero-order valence-electron chi connectivity index (χ0n) is 9.37. The molecule has 1 aromatic rings. The van der Waals surface area contributed by atoms with Crippen molar-refractivity contribution >= 4 is 5.69 Å². The quantitative estimate of drug-likeness (QED) is 0.790. The van der Waals surface area contributed by atoms with E-state index in [1.807, 2.05) is 6.07 Å². The predicted octanol–water partition coefficient (Wildman–Crippen LogP) is 2.49. The first-order valence-corrected chi connectivity index (χ1v) is 5.88. The van der Waals surface area contributed by atoms with Crippen LogP contribution in [0.5, 0.6) is 0 Å². The summed E-state index contributed by atoms with van der Waals surface area (Å²) in [6.45, 7) is 4.54. The Balaban J connectivity index is 1.82. The summed E-state index contributed by atoms with van der Waals surface area (Å²) in [5, 5.41) is 7.06. The fourth-order valence-electron chi connectivity index (χ4n) is 2.17. The van der Waals surface area contributed by atoms with Crippen molar-refractivity contribution in [2.45, 2.75) is 25.8 Å². The molecule has 2 atom stereocenters. The van der Waals surface area contributed by atoms with Crippen molar-refractivity contribution in [1.29, 1.82) is 0 Å². The van der Waals surface area contributed by atoms with Gasteiger partial charge in [-0.25, -0.2) is 0 Å². The average Bonchev–Trinajstić information content (AvgIpc) is 2.29. The second kappa shape index (κ2) is 5.17. The Hall–Kier alpha value is -1.02. The molecule has 0 aromatic heterocycles. The van der Waals surface area contributed by atoms with Crippen LogP contribution in [0.15, 0.2) is 30.3 Å². The highest BCUT2D eigenvalue weighted by Gasteiger charge is 2.19. The first-order chi connectivity index (χ1) is 7.36. The summed E-state index contributed by atoms with van der Waals surface area (Å²) in [5.74, 6) is 0.787. The van der Waals surface area contributed by atoms with Gasteiger partial charge in [-0.3, -0.25) is 0 Å². The molecular formula is C13H20N2. The summed E-state index contributed by atoms with van der Waals surface area (Å²) in [7, 11) is 0. The average molecular weight is 204 g/mol. The third kappa shape index (κ3) is 2.96. The molecule has 0 spiro atoms. The lowest BCUT2D eigenvalue weighted by Crippen LogP contribution is -2.44. The van der Waals surface area contributed by atoms with Gasteiger partial charge in [-0.2, -0.15) is 0 Å². The van der Waals surface area contributed by atoms with Crippen LogP contribution in [0.25, 0.3) is 0 Å². The molecule has 2 heteroatoms. The fourth-order valence-corrected chi connectivity index (χ4v) is 2.17. The summed E-state index contributed by atoms with van der Waals surface area (Å²) in [4.78, 5) is 0. The zero-order chi connectivity index (χ0) is 10.5. The Kier molecular flexibility index (Phi) is 3.62. The van der Waals surface area contributed by atoms with Gasteiger partial charge in [-0.15, -0.1) is 0 Å². The van der Waals surface area contributed by atoms with Crippen LogP contribution in [0.4, 0.5) is 5.69 Å². The highest BCUT2D eigenvalue weighted by Crippen LogP contribution is 2.16. The molecule has 82 valence electrons. The van der Waals surface area contributed by atoms with Crippen LogP contribution in [0, 0.1) is 5.92 Å². The lowest BCUT2D eigenvalue weighted by Gasteiger charge is -2.30. The van der Waals surface area contributed by atoms with Gasteiger partial charge in [0.2, 0.25) is 0 Å². The van der Waals surface area contributed by atoms with Crippen molar-refractivity contribution in [3.05, 3.63) is 30.3 Å². The maximum absolute atomic E-state index is 3.58. The van der Waals surface area contributed by atoms with Crippen LogP contribution < -0.4 is 10.6 Å². The van der Waals surface area contributed by atoms with Crippen LogP contribution in [-0.2, 0) is 0 Å². The molecule has 0 aliphatic carbocycles. The van der Waals surface area contributed by atoms with E-state index in [1.165, 1.54) is 25.1 Å². The van der Waals surface area contributed by atoms with Gasteiger partial charge in [0.25, 0.3) is 0 Å². The van der Waals surface area contributed by atoms with E-state index in [4.69, 9.17) is 0 Å². The van der Waals surface area contributed by atoms with E-state index in [2.05, 4.69) is 41.8 Å². The zero-order valence-corrected chi connectivity index (χ0v) is 9.37. The maximum Gasteiger partial charge on any atom is 0.0340 e. The smallest absolute Gasteiger partial charge is 0.0340 e. The minimum Gasteiger partial charge on any atom is -0.383 e. The highest BCUT2D eigenvalue weighted by molar-refractivity contribution is 5.42. The van der Waals surface area contributed by atoms with Gasteiger partial charge in [-0.1, -0.05) is 25.1 Å². The Bertz CT molecular complexity index is 284. The van der Waals surface area contributed by atoms with E-state index in [1.54, 1.807) is 0 Å². The number of para-hydroxylation sites is 1. The van der Waals surface area contributed by atoms with Gasteiger partial charge < -0.3 is 10.6 Å². The SMILES string of the molecule is C[C@H]1CCCN[C@@H]1CNc1ccccc1. The molecule has 2 N–H and O–H groups in total. The second-order valence-corrected chi connectivity index (χ2v) is 4.43. The van der Waals surface area contributed by atoms with Gasteiger partial charge in [-0.05, 0) is 37.4 Å². The van der Waals surface area contributed by atoms with Gasteiger partial charge in [0, 0.05) is 18.3 Å². The van der Waals surface area contributed by atoms with Crippen LogP contribution in [0.1, 0.15) is 19.8 Å². The number of anilines is 1. The van der Waals surface area contributed by atoms with Crippen molar-refractivity contribution in [2.75, 3.05) is 18.4 Å². The van der Waals surface area contributed by atoms with Gasteiger partial charge in [0.05, 0.1) is 0 Å². The minimum atomic E-state index is 0.624. The largest absolute Gasteiger partial charge is 0.383 e. The molecule has 0 radical (unpaired) electrons. The molecule has 15 heavy (non-hydrogen) atoms. The maximum atomic E-state index is 3.58. The number of hydrogen-bond acceptors (Lipinski definition) is 2. The molecule has 1 saturated heterocycles. The minimum absolute atomic E-state index is 0.624. The molecule has 2 rings (SSSR count). The lowest BCUT2D eigenvalue weighted by atomic mass is 9.93. The molecule has 1 fully saturated rings. The summed E-state index contributed by atoms with van der Waals surface area (Å²) < 4.78 is 0. The lowest BCUT2D eigenvalue weighted by molar-refractivity contribution is 0.311. The second-order valence-electron chi connectivity index (χ2n) is 4.43. The molecule has 1 aliphatic rings. The topological polar surface area (TPSA) is 24.1 Å². The number of hydrogen-bond donors (Lipinski definition) is 2. The molecule has 0 saturated carbocycles. The monoisotopic (exact) mass is 204 g/mol. The van der Waals surface area contributed by atoms with Gasteiger partial charge >= 0.3 is 0 Å². The number of rotatable bonds is 3. The molecule has 0 unspecified atom stereocenters. The molecule has 0 bridgehead atoms. The van der Waals surface area contributed by atoms with Crippen molar-refractivity contribution in [3.8, 4) is 0 Å². The van der Waals surface area contributed by atoms with Crippen LogP contribution in [0.2, 0.25) is 0 Å². The van der Waals surface area contributed by atoms with Crippen LogP contribution in [0.3, 0.4) is 0 Å². The summed E-state index contributed by atoms with van der Waals surface area (Å²) in [5.41, 5.74) is 1.22. The third-order valence-corrected chi connectivity index (χ3v) is 3.23. The Morgan fingerprint density at radius 2 is 2.13 bits per heavy atom. The molecular weight excluding hydrogens is 184 g/mol. The number of nitrogens with one attached hydrogen (secondary N) is 2. The van der Waals surface area contributed by atoms with Crippen molar-refractivity contribution in [3.63, 3.8) is 0 Å². The van der Waals surface area contributed by atoms with E-state index in [0.717, 1.165) is 12.5 Å². The van der Waals surface area contributed by atoms with Gasteiger partial charge in [0.1, 0.15) is 0 Å². The highest BCUT2D eigenvalue weighted by atomic mass is 15.0. The van der Waals surface area contributed by atoms with E-state index >= 15 is 0 Å². The molecule has 1 heterocycles. The molecule has 1 aliphatic heterocycles. The van der Waals surface area contributed by atoms with E-state index in [-0.39, 0.29) is 0 Å². The van der Waals surface area contributed by atoms with Crippen LogP contribution >= 0.6 is 0 Å². The summed E-state index contributed by atoms with van der Waals surface area (Å²) in [6, 6.07) is 11.0. The fraction of sp³-hybridized carbons (Fsp3) is 0.538. The molecule has 2 nitrogen and oxygen atoms in total. The van der Waals surface area contributed by atoms with Crippen LogP contribution in [-0.4, -0.2) is 19.1 Å². The third-order valence-electron chi connectivity index (χ3n) is 3.23. The van der Waals surface area contributed by atoms with E-state index in [0.29, 0.717) is 6.04 Å². The number of piperidine rings is 1.